The Kier molecular flexibility index (Phi) is 7.24. The Hall–Kier alpha value is -1.59. The Morgan fingerprint density at radius 2 is 1.54 bits per heavy atom. The Balaban J connectivity index is 2.53. The molecule has 1 fully saturated rings. The molecule has 1 rings (SSSR count). The predicted molar refractivity (Wildman–Crippen MR) is 94.3 cm³/mol. The average molecular weight is 339 g/mol. The van der Waals surface area contributed by atoms with Crippen molar-refractivity contribution in [1.29, 1.82) is 0 Å². The highest BCUT2D eigenvalue weighted by atomic mass is 16.2. The van der Waals surface area contributed by atoms with Gasteiger partial charge in [0.15, 0.2) is 0 Å². The first-order valence-corrected chi connectivity index (χ1v) is 8.93. The summed E-state index contributed by atoms with van der Waals surface area (Å²) in [5.74, 6) is 0.0385. The van der Waals surface area contributed by atoms with Crippen LogP contribution in [-0.4, -0.2) is 72.2 Å². The SMILES string of the molecule is CCN(CC)C(=O)CN(C)C(=O)C1CCN(C(=O)C(C)(C)C)CC1. The lowest BCUT2D eigenvalue weighted by Gasteiger charge is -2.36. The molecule has 0 bridgehead atoms. The lowest BCUT2D eigenvalue weighted by molar-refractivity contribution is -0.146. The predicted octanol–water partition coefficient (Wildman–Crippen LogP) is 1.60. The lowest BCUT2D eigenvalue weighted by atomic mass is 9.90. The summed E-state index contributed by atoms with van der Waals surface area (Å²) in [4.78, 5) is 42.1. The van der Waals surface area contributed by atoms with Crippen LogP contribution in [-0.2, 0) is 14.4 Å². The normalized spacial score (nSPS) is 16.0. The monoisotopic (exact) mass is 339 g/mol. The highest BCUT2D eigenvalue weighted by molar-refractivity contribution is 5.86. The molecule has 1 heterocycles. The minimum absolute atomic E-state index is 0.0124. The van der Waals surface area contributed by atoms with E-state index in [1.807, 2.05) is 39.5 Å². The van der Waals surface area contributed by atoms with E-state index in [4.69, 9.17) is 0 Å². The second-order valence-corrected chi connectivity index (χ2v) is 7.58. The molecule has 0 aromatic heterocycles. The van der Waals surface area contributed by atoms with Crippen LogP contribution in [0.3, 0.4) is 0 Å². The molecule has 0 atom stereocenters. The van der Waals surface area contributed by atoms with Gasteiger partial charge in [0.2, 0.25) is 17.7 Å². The van der Waals surface area contributed by atoms with Crippen molar-refractivity contribution in [1.82, 2.24) is 14.7 Å². The van der Waals surface area contributed by atoms with Crippen LogP contribution in [0.5, 0.6) is 0 Å². The molecular weight excluding hydrogens is 306 g/mol. The minimum atomic E-state index is -0.385. The molecule has 0 unspecified atom stereocenters. The molecule has 0 aliphatic carbocycles. The molecule has 3 amide bonds. The van der Waals surface area contributed by atoms with Crippen molar-refractivity contribution in [3.05, 3.63) is 0 Å². The van der Waals surface area contributed by atoms with Crippen molar-refractivity contribution < 1.29 is 14.4 Å². The van der Waals surface area contributed by atoms with E-state index in [1.165, 1.54) is 4.90 Å². The van der Waals surface area contributed by atoms with Crippen LogP contribution in [0.2, 0.25) is 0 Å². The van der Waals surface area contributed by atoms with Crippen molar-refractivity contribution >= 4 is 17.7 Å². The third kappa shape index (κ3) is 5.21. The molecule has 24 heavy (non-hydrogen) atoms. The fourth-order valence-corrected chi connectivity index (χ4v) is 3.07. The van der Waals surface area contributed by atoms with Gasteiger partial charge in [0.1, 0.15) is 0 Å². The van der Waals surface area contributed by atoms with Crippen LogP contribution in [0.25, 0.3) is 0 Å². The van der Waals surface area contributed by atoms with Crippen molar-refractivity contribution in [3.63, 3.8) is 0 Å². The zero-order chi connectivity index (χ0) is 18.5. The summed E-state index contributed by atoms with van der Waals surface area (Å²) in [6.45, 7) is 12.3. The van der Waals surface area contributed by atoms with Gasteiger partial charge in [-0.1, -0.05) is 20.8 Å². The van der Waals surface area contributed by atoms with E-state index in [2.05, 4.69) is 0 Å². The van der Waals surface area contributed by atoms with Crippen molar-refractivity contribution in [2.75, 3.05) is 39.8 Å². The van der Waals surface area contributed by atoms with Gasteiger partial charge in [0, 0.05) is 44.6 Å². The third-order valence-electron chi connectivity index (χ3n) is 4.64. The molecule has 1 aliphatic rings. The molecule has 6 heteroatoms. The molecule has 138 valence electrons. The summed E-state index contributed by atoms with van der Waals surface area (Å²) in [5.41, 5.74) is -0.385. The van der Waals surface area contributed by atoms with Crippen LogP contribution in [0.15, 0.2) is 0 Å². The van der Waals surface area contributed by atoms with E-state index in [1.54, 1.807) is 11.9 Å². The Morgan fingerprint density at radius 1 is 1.04 bits per heavy atom. The highest BCUT2D eigenvalue weighted by Crippen LogP contribution is 2.24. The zero-order valence-corrected chi connectivity index (χ0v) is 16.1. The third-order valence-corrected chi connectivity index (χ3v) is 4.64. The summed E-state index contributed by atoms with van der Waals surface area (Å²) in [7, 11) is 1.69. The molecule has 0 aromatic rings. The first-order valence-electron chi connectivity index (χ1n) is 8.93. The van der Waals surface area contributed by atoms with Gasteiger partial charge >= 0.3 is 0 Å². The molecule has 0 aromatic carbocycles. The maximum atomic E-state index is 12.6. The molecular formula is C18H33N3O3. The highest BCUT2D eigenvalue weighted by Gasteiger charge is 2.33. The fraction of sp³-hybridized carbons (Fsp3) is 0.833. The van der Waals surface area contributed by atoms with Gasteiger partial charge < -0.3 is 14.7 Å². The van der Waals surface area contributed by atoms with Crippen LogP contribution in [0, 0.1) is 11.3 Å². The number of hydrogen-bond acceptors (Lipinski definition) is 3. The van der Waals surface area contributed by atoms with Gasteiger partial charge in [-0.25, -0.2) is 0 Å². The molecule has 0 spiro atoms. The van der Waals surface area contributed by atoms with Gasteiger partial charge in [0.05, 0.1) is 6.54 Å². The first kappa shape index (κ1) is 20.5. The minimum Gasteiger partial charge on any atom is -0.342 e. The second kappa shape index (κ2) is 8.49. The van der Waals surface area contributed by atoms with Gasteiger partial charge in [-0.3, -0.25) is 14.4 Å². The number of hydrogen-bond donors (Lipinski definition) is 0. The van der Waals surface area contributed by atoms with E-state index in [-0.39, 0.29) is 35.6 Å². The van der Waals surface area contributed by atoms with Crippen LogP contribution in [0.4, 0.5) is 0 Å². The Labute approximate surface area is 146 Å². The van der Waals surface area contributed by atoms with Gasteiger partial charge in [-0.05, 0) is 26.7 Å². The smallest absolute Gasteiger partial charge is 0.242 e. The first-order chi connectivity index (χ1) is 11.1. The van der Waals surface area contributed by atoms with Gasteiger partial charge in [0.25, 0.3) is 0 Å². The van der Waals surface area contributed by atoms with E-state index >= 15 is 0 Å². The Bertz CT molecular complexity index is 459. The van der Waals surface area contributed by atoms with Crippen LogP contribution < -0.4 is 0 Å². The average Bonchev–Trinajstić information content (AvgIpc) is 2.53. The van der Waals surface area contributed by atoms with Crippen LogP contribution in [0.1, 0.15) is 47.5 Å². The maximum absolute atomic E-state index is 12.6. The summed E-state index contributed by atoms with van der Waals surface area (Å²) < 4.78 is 0. The fourth-order valence-electron chi connectivity index (χ4n) is 3.07. The summed E-state index contributed by atoms with van der Waals surface area (Å²) >= 11 is 0. The lowest BCUT2D eigenvalue weighted by Crippen LogP contribution is -2.48. The van der Waals surface area contributed by atoms with Crippen molar-refractivity contribution in [3.8, 4) is 0 Å². The number of likely N-dealkylation sites (N-methyl/N-ethyl adjacent to an activating group) is 2. The number of piperidine rings is 1. The van der Waals surface area contributed by atoms with Crippen molar-refractivity contribution in [2.45, 2.75) is 47.5 Å². The summed E-state index contributed by atoms with van der Waals surface area (Å²) in [5, 5.41) is 0. The second-order valence-electron chi connectivity index (χ2n) is 7.58. The van der Waals surface area contributed by atoms with Gasteiger partial charge in [-0.15, -0.1) is 0 Å². The largest absolute Gasteiger partial charge is 0.342 e. The molecule has 0 N–H and O–H groups in total. The zero-order valence-electron chi connectivity index (χ0n) is 16.1. The molecule has 6 nitrogen and oxygen atoms in total. The van der Waals surface area contributed by atoms with E-state index in [0.29, 0.717) is 39.0 Å². The number of rotatable bonds is 5. The number of carbonyl (C=O) groups is 3. The number of amides is 3. The summed E-state index contributed by atoms with van der Waals surface area (Å²) in [6, 6.07) is 0. The molecule has 1 saturated heterocycles. The Morgan fingerprint density at radius 3 is 1.96 bits per heavy atom. The number of nitrogens with zero attached hydrogens (tertiary/aromatic N) is 3. The van der Waals surface area contributed by atoms with E-state index in [0.717, 1.165) is 0 Å². The molecule has 1 aliphatic heterocycles. The number of carbonyl (C=O) groups excluding carboxylic acids is 3. The van der Waals surface area contributed by atoms with Crippen molar-refractivity contribution in [2.24, 2.45) is 11.3 Å². The molecule has 0 saturated carbocycles. The maximum Gasteiger partial charge on any atom is 0.242 e. The number of likely N-dealkylation sites (tertiary alicyclic amines) is 1. The van der Waals surface area contributed by atoms with Gasteiger partial charge in [-0.2, -0.15) is 0 Å². The summed E-state index contributed by atoms with van der Waals surface area (Å²) in [6.07, 6.45) is 1.34. The standard InChI is InChI=1S/C18H33N3O3/c1-7-20(8-2)15(22)13-19(6)16(23)14-9-11-21(12-10-14)17(24)18(3,4)5/h14H,7-13H2,1-6H3. The van der Waals surface area contributed by atoms with E-state index in [9.17, 15) is 14.4 Å². The van der Waals surface area contributed by atoms with Crippen LogP contribution >= 0.6 is 0 Å². The molecule has 0 radical (unpaired) electrons. The topological polar surface area (TPSA) is 60.9 Å². The van der Waals surface area contributed by atoms with E-state index < -0.39 is 0 Å². The quantitative estimate of drug-likeness (QED) is 0.764.